The Bertz CT molecular complexity index is 314. The van der Waals surface area contributed by atoms with E-state index in [0.29, 0.717) is 4.43 Å². The molecule has 0 radical (unpaired) electrons. The molecule has 0 aromatic heterocycles. The average Bonchev–Trinajstić information content (AvgIpc) is 2.16. The number of ketones is 1. The smallest absolute Gasteiger partial charge is 0.165 e. The maximum Gasteiger partial charge on any atom is 0.165 e. The van der Waals surface area contributed by atoms with Crippen LogP contribution in [-0.4, -0.2) is 15.3 Å². The van der Waals surface area contributed by atoms with Crippen molar-refractivity contribution in [2.75, 3.05) is 4.43 Å². The van der Waals surface area contributed by atoms with Crippen LogP contribution in [-0.2, 0) is 4.79 Å². The number of carbonyl (C=O) groups is 1. The minimum atomic E-state index is 0.0914. The second-order valence-corrected chi connectivity index (χ2v) is 3.29. The number of hydrogen-bond donors (Lipinski definition) is 1. The molecule has 1 aromatic carbocycles. The van der Waals surface area contributed by atoms with Gasteiger partial charge in [-0.2, -0.15) is 0 Å². The van der Waals surface area contributed by atoms with Crippen LogP contribution in [0.5, 0.6) is 5.75 Å². The largest absolute Gasteiger partial charge is 0.508 e. The molecule has 0 unspecified atom stereocenters. The molecule has 0 atom stereocenters. The van der Waals surface area contributed by atoms with E-state index in [0.717, 1.165) is 5.56 Å². The van der Waals surface area contributed by atoms with Gasteiger partial charge in [0.05, 0.1) is 4.43 Å². The highest BCUT2D eigenvalue weighted by Crippen LogP contribution is 2.10. The standard InChI is InChI=1S/C10H9IO2/c11-7-10(13)6-3-8-1-4-9(12)5-2-8/h1-6,12H,7H2. The molecule has 1 rings (SSSR count). The summed E-state index contributed by atoms with van der Waals surface area (Å²) in [5, 5.41) is 8.99. The highest BCUT2D eigenvalue weighted by Gasteiger charge is 1.91. The minimum Gasteiger partial charge on any atom is -0.508 e. The van der Waals surface area contributed by atoms with Gasteiger partial charge in [0.2, 0.25) is 0 Å². The number of aromatic hydroxyl groups is 1. The van der Waals surface area contributed by atoms with E-state index in [1.807, 2.05) is 22.6 Å². The summed E-state index contributed by atoms with van der Waals surface area (Å²) in [6, 6.07) is 6.70. The summed E-state index contributed by atoms with van der Waals surface area (Å²) in [5.74, 6) is 0.325. The Hall–Kier alpha value is -0.840. The van der Waals surface area contributed by atoms with Crippen molar-refractivity contribution in [2.45, 2.75) is 0 Å². The summed E-state index contributed by atoms with van der Waals surface area (Å²) in [6.45, 7) is 0. The van der Waals surface area contributed by atoms with Crippen LogP contribution < -0.4 is 0 Å². The molecule has 0 fully saturated rings. The average molecular weight is 288 g/mol. The van der Waals surface area contributed by atoms with Gasteiger partial charge in [0.25, 0.3) is 0 Å². The van der Waals surface area contributed by atoms with Gasteiger partial charge in [-0.1, -0.05) is 40.8 Å². The summed E-state index contributed by atoms with van der Waals surface area (Å²) in [7, 11) is 0. The molecule has 0 aliphatic carbocycles. The van der Waals surface area contributed by atoms with Crippen molar-refractivity contribution >= 4 is 34.5 Å². The van der Waals surface area contributed by atoms with Crippen molar-refractivity contribution in [3.05, 3.63) is 35.9 Å². The second kappa shape index (κ2) is 5.01. The number of carbonyl (C=O) groups excluding carboxylic acids is 1. The van der Waals surface area contributed by atoms with Gasteiger partial charge >= 0.3 is 0 Å². The maximum absolute atomic E-state index is 10.9. The summed E-state index contributed by atoms with van der Waals surface area (Å²) in [6.07, 6.45) is 3.28. The van der Waals surface area contributed by atoms with Gasteiger partial charge in [0.15, 0.2) is 5.78 Å². The van der Waals surface area contributed by atoms with Crippen LogP contribution in [0, 0.1) is 0 Å². The molecule has 1 N–H and O–H groups in total. The molecule has 0 saturated carbocycles. The van der Waals surface area contributed by atoms with Crippen molar-refractivity contribution in [2.24, 2.45) is 0 Å². The molecule has 2 nitrogen and oxygen atoms in total. The molecule has 13 heavy (non-hydrogen) atoms. The van der Waals surface area contributed by atoms with Crippen molar-refractivity contribution in [1.29, 1.82) is 0 Å². The topological polar surface area (TPSA) is 37.3 Å². The van der Waals surface area contributed by atoms with Crippen LogP contribution in [0.15, 0.2) is 30.3 Å². The first-order chi connectivity index (χ1) is 6.22. The number of phenols is 1. The lowest BCUT2D eigenvalue weighted by Gasteiger charge is -1.92. The van der Waals surface area contributed by atoms with Crippen LogP contribution in [0.3, 0.4) is 0 Å². The van der Waals surface area contributed by atoms with Crippen LogP contribution in [0.1, 0.15) is 5.56 Å². The van der Waals surface area contributed by atoms with Gasteiger partial charge in [-0.25, -0.2) is 0 Å². The van der Waals surface area contributed by atoms with Crippen molar-refractivity contribution in [1.82, 2.24) is 0 Å². The molecule has 0 spiro atoms. The lowest BCUT2D eigenvalue weighted by Crippen LogP contribution is -1.90. The van der Waals surface area contributed by atoms with Crippen LogP contribution in [0.4, 0.5) is 0 Å². The maximum atomic E-state index is 10.9. The Balaban J connectivity index is 2.69. The molecular weight excluding hydrogens is 279 g/mol. The third-order valence-electron chi connectivity index (χ3n) is 1.49. The fourth-order valence-corrected chi connectivity index (χ4v) is 1.07. The van der Waals surface area contributed by atoms with Crippen LogP contribution >= 0.6 is 22.6 Å². The zero-order chi connectivity index (χ0) is 9.68. The van der Waals surface area contributed by atoms with E-state index < -0.39 is 0 Å². The van der Waals surface area contributed by atoms with Gasteiger partial charge in [-0.15, -0.1) is 0 Å². The first kappa shape index (κ1) is 10.2. The lowest BCUT2D eigenvalue weighted by molar-refractivity contribution is -0.112. The molecule has 0 heterocycles. The highest BCUT2D eigenvalue weighted by molar-refractivity contribution is 14.1. The molecule has 0 aliphatic rings. The molecule has 1 aromatic rings. The van der Waals surface area contributed by atoms with Crippen molar-refractivity contribution in [3.8, 4) is 5.75 Å². The molecule has 3 heteroatoms. The Morgan fingerprint density at radius 3 is 2.54 bits per heavy atom. The van der Waals surface area contributed by atoms with E-state index in [-0.39, 0.29) is 11.5 Å². The number of benzene rings is 1. The van der Waals surface area contributed by atoms with Crippen molar-refractivity contribution in [3.63, 3.8) is 0 Å². The van der Waals surface area contributed by atoms with Crippen LogP contribution in [0.25, 0.3) is 6.08 Å². The van der Waals surface area contributed by atoms with Gasteiger partial charge in [0.1, 0.15) is 5.75 Å². The number of hydrogen-bond acceptors (Lipinski definition) is 2. The van der Waals surface area contributed by atoms with E-state index in [2.05, 4.69) is 0 Å². The number of allylic oxidation sites excluding steroid dienone is 1. The summed E-state index contributed by atoms with van der Waals surface area (Å²) in [4.78, 5) is 10.9. The number of alkyl halides is 1. The number of phenolic OH excluding ortho intramolecular Hbond substituents is 1. The van der Waals surface area contributed by atoms with E-state index >= 15 is 0 Å². The Morgan fingerprint density at radius 1 is 1.38 bits per heavy atom. The SMILES string of the molecule is O=C(C=Cc1ccc(O)cc1)CI. The van der Waals surface area contributed by atoms with Gasteiger partial charge in [-0.3, -0.25) is 4.79 Å². The van der Waals surface area contributed by atoms with E-state index in [1.54, 1.807) is 36.4 Å². The number of rotatable bonds is 3. The predicted octanol–water partition coefficient (Wildman–Crippen LogP) is 2.41. The van der Waals surface area contributed by atoms with Gasteiger partial charge < -0.3 is 5.11 Å². The fourth-order valence-electron chi connectivity index (χ4n) is 0.819. The second-order valence-electron chi connectivity index (χ2n) is 2.52. The molecule has 0 bridgehead atoms. The molecular formula is C10H9IO2. The van der Waals surface area contributed by atoms with Gasteiger partial charge in [0, 0.05) is 0 Å². The molecule has 0 amide bonds. The third-order valence-corrected chi connectivity index (χ3v) is 2.24. The zero-order valence-electron chi connectivity index (χ0n) is 6.90. The monoisotopic (exact) mass is 288 g/mol. The fraction of sp³-hybridized carbons (Fsp3) is 0.100. The molecule has 0 aliphatic heterocycles. The summed E-state index contributed by atoms with van der Waals surface area (Å²) >= 11 is 2.02. The van der Waals surface area contributed by atoms with Crippen molar-refractivity contribution < 1.29 is 9.90 Å². The number of halogens is 1. The Kier molecular flexibility index (Phi) is 3.95. The Labute approximate surface area is 90.4 Å². The van der Waals surface area contributed by atoms with E-state index in [4.69, 9.17) is 5.11 Å². The lowest BCUT2D eigenvalue weighted by atomic mass is 10.2. The van der Waals surface area contributed by atoms with E-state index in [9.17, 15) is 4.79 Å². The summed E-state index contributed by atoms with van der Waals surface area (Å²) < 4.78 is 0.492. The first-order valence-electron chi connectivity index (χ1n) is 3.78. The Morgan fingerprint density at radius 2 is 2.00 bits per heavy atom. The first-order valence-corrected chi connectivity index (χ1v) is 5.31. The quantitative estimate of drug-likeness (QED) is 0.527. The van der Waals surface area contributed by atoms with Crippen LogP contribution in [0.2, 0.25) is 0 Å². The van der Waals surface area contributed by atoms with E-state index in [1.165, 1.54) is 0 Å². The molecule has 68 valence electrons. The predicted molar refractivity (Wildman–Crippen MR) is 61.0 cm³/mol. The minimum absolute atomic E-state index is 0.0914. The summed E-state index contributed by atoms with van der Waals surface area (Å²) in [5.41, 5.74) is 0.913. The normalized spacial score (nSPS) is 10.5. The highest BCUT2D eigenvalue weighted by atomic mass is 127. The third kappa shape index (κ3) is 3.59. The van der Waals surface area contributed by atoms with Gasteiger partial charge in [-0.05, 0) is 23.8 Å². The zero-order valence-corrected chi connectivity index (χ0v) is 9.06. The molecule has 0 saturated heterocycles.